The van der Waals surface area contributed by atoms with Gasteiger partial charge in [-0.05, 0) is 32.9 Å². The van der Waals surface area contributed by atoms with Crippen LogP contribution in [0.2, 0.25) is 0 Å². The fourth-order valence-electron chi connectivity index (χ4n) is 1.82. The van der Waals surface area contributed by atoms with E-state index in [4.69, 9.17) is 5.73 Å². The second-order valence-electron chi connectivity index (χ2n) is 4.22. The summed E-state index contributed by atoms with van der Waals surface area (Å²) in [6.45, 7) is 6.10. The predicted molar refractivity (Wildman–Crippen MR) is 72.9 cm³/mol. The number of aryl methyl sites for hydroxylation is 1. The van der Waals surface area contributed by atoms with E-state index in [1.165, 1.54) is 5.56 Å². The Morgan fingerprint density at radius 1 is 1.18 bits per heavy atom. The van der Waals surface area contributed by atoms with E-state index < -0.39 is 0 Å². The fourth-order valence-corrected chi connectivity index (χ4v) is 1.82. The minimum Gasteiger partial charge on any atom is -0.324 e. The molecule has 1 unspecified atom stereocenters. The van der Waals surface area contributed by atoms with E-state index in [9.17, 15) is 0 Å². The quantitative estimate of drug-likeness (QED) is 0.892. The van der Waals surface area contributed by atoms with E-state index in [2.05, 4.69) is 36.3 Å². The second-order valence-corrected chi connectivity index (χ2v) is 4.22. The van der Waals surface area contributed by atoms with Crippen molar-refractivity contribution in [2.75, 3.05) is 0 Å². The molecule has 2 rings (SSSR count). The zero-order chi connectivity index (χ0) is 11.7. The Kier molecular flexibility index (Phi) is 4.32. The Bertz CT molecular complexity index is 486. The molecule has 1 heterocycles. The molecule has 0 saturated heterocycles. The normalized spacial score (nSPS) is 12.0. The number of halogens is 1. The lowest BCUT2D eigenvalue weighted by Gasteiger charge is -2.07. The van der Waals surface area contributed by atoms with Crippen LogP contribution in [0.1, 0.15) is 29.8 Å². The first-order valence-corrected chi connectivity index (χ1v) is 5.46. The van der Waals surface area contributed by atoms with Gasteiger partial charge >= 0.3 is 0 Å². The van der Waals surface area contributed by atoms with Crippen LogP contribution >= 0.6 is 12.4 Å². The Labute approximate surface area is 108 Å². The number of nitrogens with zero attached hydrogens (tertiary/aromatic N) is 2. The van der Waals surface area contributed by atoms with Crippen molar-refractivity contribution in [2.24, 2.45) is 5.73 Å². The Morgan fingerprint density at radius 3 is 2.24 bits per heavy atom. The summed E-state index contributed by atoms with van der Waals surface area (Å²) in [5.41, 5.74) is 10.4. The molecular weight excluding hydrogens is 234 g/mol. The third kappa shape index (κ3) is 2.68. The molecule has 0 bridgehead atoms. The fraction of sp³-hybridized carbons (Fsp3) is 0.308. The second kappa shape index (κ2) is 5.34. The van der Waals surface area contributed by atoms with Crippen LogP contribution in [0.3, 0.4) is 0 Å². The van der Waals surface area contributed by atoms with Gasteiger partial charge in [-0.2, -0.15) is 5.10 Å². The molecule has 1 atom stereocenters. The molecule has 17 heavy (non-hydrogen) atoms. The van der Waals surface area contributed by atoms with Crippen molar-refractivity contribution < 1.29 is 0 Å². The summed E-state index contributed by atoms with van der Waals surface area (Å²) in [6, 6.07) is 8.34. The maximum atomic E-state index is 5.88. The highest BCUT2D eigenvalue weighted by molar-refractivity contribution is 5.85. The van der Waals surface area contributed by atoms with Gasteiger partial charge in [-0.1, -0.05) is 17.7 Å². The molecular formula is C13H18ClN3. The van der Waals surface area contributed by atoms with Crippen LogP contribution in [0.5, 0.6) is 0 Å². The van der Waals surface area contributed by atoms with Gasteiger partial charge in [-0.3, -0.25) is 0 Å². The van der Waals surface area contributed by atoms with E-state index in [-0.39, 0.29) is 18.4 Å². The summed E-state index contributed by atoms with van der Waals surface area (Å²) in [4.78, 5) is 0. The average Bonchev–Trinajstić information content (AvgIpc) is 2.61. The van der Waals surface area contributed by atoms with Crippen LogP contribution in [0.25, 0.3) is 5.69 Å². The molecule has 2 N–H and O–H groups in total. The third-order valence-corrected chi connectivity index (χ3v) is 2.82. The number of hydrogen-bond donors (Lipinski definition) is 1. The van der Waals surface area contributed by atoms with E-state index in [1.54, 1.807) is 0 Å². The van der Waals surface area contributed by atoms with Crippen molar-refractivity contribution in [3.8, 4) is 5.69 Å². The summed E-state index contributed by atoms with van der Waals surface area (Å²) in [6.07, 6.45) is 1.85. The van der Waals surface area contributed by atoms with Crippen LogP contribution in [-0.2, 0) is 0 Å². The smallest absolute Gasteiger partial charge is 0.0648 e. The minimum absolute atomic E-state index is 0. The number of aromatic nitrogens is 2. The lowest BCUT2D eigenvalue weighted by atomic mass is 10.1. The first-order chi connectivity index (χ1) is 7.59. The molecule has 0 amide bonds. The zero-order valence-corrected chi connectivity index (χ0v) is 11.2. The monoisotopic (exact) mass is 251 g/mol. The number of rotatable bonds is 2. The Hall–Kier alpha value is -1.32. The number of benzene rings is 1. The molecule has 0 aliphatic carbocycles. The summed E-state index contributed by atoms with van der Waals surface area (Å²) < 4.78 is 1.93. The van der Waals surface area contributed by atoms with Crippen molar-refractivity contribution in [3.63, 3.8) is 0 Å². The van der Waals surface area contributed by atoms with Gasteiger partial charge in [0.1, 0.15) is 0 Å². The first-order valence-electron chi connectivity index (χ1n) is 5.46. The standard InChI is InChI=1S/C13H17N3.ClH/c1-9-4-6-12(7-5-9)16-11(3)13(8-15-16)10(2)14;/h4-8,10H,14H2,1-3H3;1H. The molecule has 92 valence electrons. The molecule has 0 fully saturated rings. The van der Waals surface area contributed by atoms with Gasteiger partial charge in [0.2, 0.25) is 0 Å². The van der Waals surface area contributed by atoms with Crippen LogP contribution < -0.4 is 5.73 Å². The Balaban J connectivity index is 0.00000144. The van der Waals surface area contributed by atoms with Crippen LogP contribution in [-0.4, -0.2) is 9.78 Å². The highest BCUT2D eigenvalue weighted by Gasteiger charge is 2.10. The van der Waals surface area contributed by atoms with Gasteiger partial charge in [0.15, 0.2) is 0 Å². The van der Waals surface area contributed by atoms with Gasteiger partial charge in [0, 0.05) is 17.3 Å². The maximum Gasteiger partial charge on any atom is 0.0648 e. The van der Waals surface area contributed by atoms with E-state index in [1.807, 2.05) is 24.7 Å². The largest absolute Gasteiger partial charge is 0.324 e. The molecule has 1 aromatic carbocycles. The minimum atomic E-state index is 0. The van der Waals surface area contributed by atoms with Crippen LogP contribution in [0, 0.1) is 13.8 Å². The lowest BCUT2D eigenvalue weighted by Crippen LogP contribution is -2.07. The highest BCUT2D eigenvalue weighted by Crippen LogP contribution is 2.18. The highest BCUT2D eigenvalue weighted by atomic mass is 35.5. The number of hydrogen-bond acceptors (Lipinski definition) is 2. The van der Waals surface area contributed by atoms with E-state index in [0.29, 0.717) is 0 Å². The molecule has 0 saturated carbocycles. The molecule has 0 aliphatic heterocycles. The third-order valence-electron chi connectivity index (χ3n) is 2.82. The molecule has 4 heteroatoms. The molecule has 1 aromatic heterocycles. The Morgan fingerprint density at radius 2 is 1.76 bits per heavy atom. The van der Waals surface area contributed by atoms with Crippen molar-refractivity contribution in [2.45, 2.75) is 26.8 Å². The molecule has 0 aliphatic rings. The predicted octanol–water partition coefficient (Wildman–Crippen LogP) is 2.93. The van der Waals surface area contributed by atoms with Gasteiger partial charge in [0.25, 0.3) is 0 Å². The lowest BCUT2D eigenvalue weighted by molar-refractivity contribution is 0.796. The van der Waals surface area contributed by atoms with Gasteiger partial charge in [-0.25, -0.2) is 4.68 Å². The summed E-state index contributed by atoms with van der Waals surface area (Å²) in [5.74, 6) is 0. The van der Waals surface area contributed by atoms with Crippen LogP contribution in [0.15, 0.2) is 30.5 Å². The summed E-state index contributed by atoms with van der Waals surface area (Å²) in [5, 5.41) is 4.37. The van der Waals surface area contributed by atoms with Gasteiger partial charge < -0.3 is 5.73 Å². The van der Waals surface area contributed by atoms with Crippen LogP contribution in [0.4, 0.5) is 0 Å². The van der Waals surface area contributed by atoms with Crippen molar-refractivity contribution >= 4 is 12.4 Å². The summed E-state index contributed by atoms with van der Waals surface area (Å²) in [7, 11) is 0. The van der Waals surface area contributed by atoms with E-state index >= 15 is 0 Å². The van der Waals surface area contributed by atoms with E-state index in [0.717, 1.165) is 16.9 Å². The topological polar surface area (TPSA) is 43.8 Å². The average molecular weight is 252 g/mol. The zero-order valence-electron chi connectivity index (χ0n) is 10.3. The number of nitrogens with two attached hydrogens (primary N) is 1. The SMILES string of the molecule is Cc1ccc(-n2ncc(C(C)N)c2C)cc1.Cl. The molecule has 2 aromatic rings. The maximum absolute atomic E-state index is 5.88. The van der Waals surface area contributed by atoms with Crippen molar-refractivity contribution in [3.05, 3.63) is 47.3 Å². The van der Waals surface area contributed by atoms with Crippen molar-refractivity contribution in [1.29, 1.82) is 0 Å². The van der Waals surface area contributed by atoms with Gasteiger partial charge in [0.05, 0.1) is 11.9 Å². The molecule has 0 spiro atoms. The molecule has 3 nitrogen and oxygen atoms in total. The summed E-state index contributed by atoms with van der Waals surface area (Å²) >= 11 is 0. The molecule has 0 radical (unpaired) electrons. The van der Waals surface area contributed by atoms with Gasteiger partial charge in [-0.15, -0.1) is 12.4 Å². The first kappa shape index (κ1) is 13.7. The van der Waals surface area contributed by atoms with Crippen molar-refractivity contribution in [1.82, 2.24) is 9.78 Å².